The first-order chi connectivity index (χ1) is 8.55. The van der Waals surface area contributed by atoms with Gasteiger partial charge in [-0.15, -0.1) is 0 Å². The third kappa shape index (κ3) is 3.00. The molecule has 4 heteroatoms. The summed E-state index contributed by atoms with van der Waals surface area (Å²) >= 11 is 12.2. The van der Waals surface area contributed by atoms with Crippen LogP contribution in [-0.2, 0) is 11.2 Å². The average molecular weight is 288 g/mol. The summed E-state index contributed by atoms with van der Waals surface area (Å²) in [4.78, 5) is 0. The first-order valence-electron chi connectivity index (χ1n) is 6.30. The quantitative estimate of drug-likeness (QED) is 0.912. The molecule has 18 heavy (non-hydrogen) atoms. The lowest BCUT2D eigenvalue weighted by molar-refractivity contribution is -0.00942. The normalized spacial score (nSPS) is 25.3. The smallest absolute Gasteiger partial charge is 0.0810 e. The zero-order chi connectivity index (χ0) is 13.2. The standard InChI is InChI=1S/C14H19Cl2NO/c1-14(6-3-7-18-14)13(17-2)9-10-8-11(15)4-5-12(10)16/h4-5,8,13,17H,3,6-7,9H2,1-2H3. The van der Waals surface area contributed by atoms with Crippen LogP contribution in [0.15, 0.2) is 18.2 Å². The summed E-state index contributed by atoms with van der Waals surface area (Å²) in [5, 5.41) is 4.84. The lowest BCUT2D eigenvalue weighted by Gasteiger charge is -2.33. The van der Waals surface area contributed by atoms with E-state index >= 15 is 0 Å². The highest BCUT2D eigenvalue weighted by Gasteiger charge is 2.37. The first-order valence-corrected chi connectivity index (χ1v) is 7.06. The third-order valence-corrected chi connectivity index (χ3v) is 4.37. The molecule has 0 aliphatic carbocycles. The average Bonchev–Trinajstić information content (AvgIpc) is 2.78. The lowest BCUT2D eigenvalue weighted by Crippen LogP contribution is -2.48. The van der Waals surface area contributed by atoms with Crippen LogP contribution in [-0.4, -0.2) is 25.3 Å². The SMILES string of the molecule is CNC(Cc1cc(Cl)ccc1Cl)C1(C)CCCO1. The molecule has 0 amide bonds. The van der Waals surface area contributed by atoms with Crippen molar-refractivity contribution in [2.24, 2.45) is 0 Å². The van der Waals surface area contributed by atoms with Crippen LogP contribution in [0.5, 0.6) is 0 Å². The molecule has 1 N–H and O–H groups in total. The summed E-state index contributed by atoms with van der Waals surface area (Å²) in [6, 6.07) is 5.85. The minimum Gasteiger partial charge on any atom is -0.374 e. The van der Waals surface area contributed by atoms with Gasteiger partial charge in [-0.25, -0.2) is 0 Å². The van der Waals surface area contributed by atoms with Crippen molar-refractivity contribution in [3.63, 3.8) is 0 Å². The molecule has 2 nitrogen and oxygen atoms in total. The predicted octanol–water partition coefficient (Wildman–Crippen LogP) is 3.69. The van der Waals surface area contributed by atoms with Gasteiger partial charge < -0.3 is 10.1 Å². The van der Waals surface area contributed by atoms with Gasteiger partial charge in [0.1, 0.15) is 0 Å². The van der Waals surface area contributed by atoms with Gasteiger partial charge in [-0.3, -0.25) is 0 Å². The fourth-order valence-electron chi connectivity index (χ4n) is 2.62. The number of benzene rings is 1. The Labute approximate surface area is 119 Å². The molecule has 0 radical (unpaired) electrons. The maximum atomic E-state index is 6.22. The van der Waals surface area contributed by atoms with Gasteiger partial charge in [-0.05, 0) is 57.0 Å². The van der Waals surface area contributed by atoms with Crippen LogP contribution in [0.3, 0.4) is 0 Å². The van der Waals surface area contributed by atoms with Crippen molar-refractivity contribution in [1.82, 2.24) is 5.32 Å². The summed E-state index contributed by atoms with van der Waals surface area (Å²) < 4.78 is 5.90. The Bertz CT molecular complexity index is 416. The molecule has 0 bridgehead atoms. The number of ether oxygens (including phenoxy) is 1. The minimum atomic E-state index is -0.111. The molecular formula is C14H19Cl2NO. The first kappa shape index (κ1) is 14.1. The van der Waals surface area contributed by atoms with E-state index in [1.165, 1.54) is 0 Å². The molecular weight excluding hydrogens is 269 g/mol. The molecule has 0 aromatic heterocycles. The summed E-state index contributed by atoms with van der Waals surface area (Å²) in [6.45, 7) is 3.01. The highest BCUT2D eigenvalue weighted by atomic mass is 35.5. The highest BCUT2D eigenvalue weighted by Crippen LogP contribution is 2.32. The second-order valence-electron chi connectivity index (χ2n) is 5.05. The molecule has 2 atom stereocenters. The molecule has 1 aromatic carbocycles. The molecule has 1 aliphatic heterocycles. The van der Waals surface area contributed by atoms with Gasteiger partial charge in [0.2, 0.25) is 0 Å². The van der Waals surface area contributed by atoms with Gasteiger partial charge in [0, 0.05) is 22.7 Å². The van der Waals surface area contributed by atoms with Crippen molar-refractivity contribution in [3.05, 3.63) is 33.8 Å². The molecule has 100 valence electrons. The van der Waals surface area contributed by atoms with E-state index in [0.29, 0.717) is 0 Å². The van der Waals surface area contributed by atoms with E-state index in [1.54, 1.807) is 0 Å². The number of hydrogen-bond acceptors (Lipinski definition) is 2. The van der Waals surface area contributed by atoms with E-state index in [4.69, 9.17) is 27.9 Å². The van der Waals surface area contributed by atoms with Crippen LogP contribution < -0.4 is 5.32 Å². The molecule has 2 rings (SSSR count). The molecule has 2 unspecified atom stereocenters. The van der Waals surface area contributed by atoms with Gasteiger partial charge in [-0.2, -0.15) is 0 Å². The number of likely N-dealkylation sites (N-methyl/N-ethyl adjacent to an activating group) is 1. The second kappa shape index (κ2) is 5.79. The number of nitrogens with one attached hydrogen (secondary N) is 1. The summed E-state index contributed by atoms with van der Waals surface area (Å²) in [7, 11) is 1.97. The summed E-state index contributed by atoms with van der Waals surface area (Å²) in [5.74, 6) is 0. The van der Waals surface area contributed by atoms with Crippen LogP contribution in [0.1, 0.15) is 25.3 Å². The van der Waals surface area contributed by atoms with Crippen molar-refractivity contribution in [2.75, 3.05) is 13.7 Å². The Morgan fingerprint density at radius 2 is 2.22 bits per heavy atom. The number of rotatable bonds is 4. The summed E-state index contributed by atoms with van der Waals surface area (Å²) in [6.07, 6.45) is 3.03. The number of halogens is 2. The van der Waals surface area contributed by atoms with Crippen molar-refractivity contribution in [2.45, 2.75) is 37.8 Å². The fraction of sp³-hybridized carbons (Fsp3) is 0.571. The lowest BCUT2D eigenvalue weighted by atomic mass is 9.88. The van der Waals surface area contributed by atoms with E-state index in [1.807, 2.05) is 25.2 Å². The van der Waals surface area contributed by atoms with Crippen LogP contribution in [0, 0.1) is 0 Å². The van der Waals surface area contributed by atoms with Crippen molar-refractivity contribution in [1.29, 1.82) is 0 Å². The minimum absolute atomic E-state index is 0.111. The predicted molar refractivity (Wildman–Crippen MR) is 76.6 cm³/mol. The van der Waals surface area contributed by atoms with Crippen molar-refractivity contribution < 1.29 is 4.74 Å². The topological polar surface area (TPSA) is 21.3 Å². The molecule has 1 aliphatic rings. The molecule has 1 fully saturated rings. The fourth-order valence-corrected chi connectivity index (χ4v) is 3.01. The van der Waals surface area contributed by atoms with Crippen molar-refractivity contribution >= 4 is 23.2 Å². The van der Waals surface area contributed by atoms with Gasteiger partial charge in [-0.1, -0.05) is 23.2 Å². The third-order valence-electron chi connectivity index (χ3n) is 3.77. The van der Waals surface area contributed by atoms with Gasteiger partial charge in [0.25, 0.3) is 0 Å². The van der Waals surface area contributed by atoms with E-state index in [0.717, 1.165) is 41.5 Å². The van der Waals surface area contributed by atoms with E-state index < -0.39 is 0 Å². The molecule has 1 heterocycles. The zero-order valence-electron chi connectivity index (χ0n) is 10.8. The van der Waals surface area contributed by atoms with Gasteiger partial charge in [0.05, 0.1) is 5.60 Å². The van der Waals surface area contributed by atoms with E-state index in [-0.39, 0.29) is 11.6 Å². The maximum absolute atomic E-state index is 6.22. The number of hydrogen-bond donors (Lipinski definition) is 1. The molecule has 0 spiro atoms. The monoisotopic (exact) mass is 287 g/mol. The van der Waals surface area contributed by atoms with Crippen LogP contribution >= 0.6 is 23.2 Å². The van der Waals surface area contributed by atoms with Gasteiger partial charge >= 0.3 is 0 Å². The van der Waals surface area contributed by atoms with Crippen LogP contribution in [0.4, 0.5) is 0 Å². The van der Waals surface area contributed by atoms with Crippen LogP contribution in [0.25, 0.3) is 0 Å². The summed E-state index contributed by atoms with van der Waals surface area (Å²) in [5.41, 5.74) is 0.959. The van der Waals surface area contributed by atoms with Crippen LogP contribution in [0.2, 0.25) is 10.0 Å². The Hall–Kier alpha value is -0.280. The molecule has 0 saturated carbocycles. The largest absolute Gasteiger partial charge is 0.374 e. The Balaban J connectivity index is 2.17. The molecule has 1 saturated heterocycles. The van der Waals surface area contributed by atoms with Gasteiger partial charge in [0.15, 0.2) is 0 Å². The van der Waals surface area contributed by atoms with E-state index in [2.05, 4.69) is 12.2 Å². The Kier molecular flexibility index (Phi) is 4.54. The zero-order valence-corrected chi connectivity index (χ0v) is 12.3. The molecule has 1 aromatic rings. The van der Waals surface area contributed by atoms with E-state index in [9.17, 15) is 0 Å². The maximum Gasteiger partial charge on any atom is 0.0810 e. The highest BCUT2D eigenvalue weighted by molar-refractivity contribution is 6.33. The Morgan fingerprint density at radius 1 is 1.44 bits per heavy atom. The van der Waals surface area contributed by atoms with Crippen molar-refractivity contribution in [3.8, 4) is 0 Å². The Morgan fingerprint density at radius 3 is 2.83 bits per heavy atom. The second-order valence-corrected chi connectivity index (χ2v) is 5.89.